The van der Waals surface area contributed by atoms with Gasteiger partial charge in [-0.15, -0.1) is 0 Å². The van der Waals surface area contributed by atoms with Crippen LogP contribution >= 0.6 is 0 Å². The van der Waals surface area contributed by atoms with Crippen LogP contribution in [0.4, 0.5) is 13.2 Å². The van der Waals surface area contributed by atoms with Crippen molar-refractivity contribution in [3.63, 3.8) is 0 Å². The zero-order chi connectivity index (χ0) is 29.2. The molecule has 3 aromatic carbocycles. The van der Waals surface area contributed by atoms with Crippen molar-refractivity contribution in [2.75, 3.05) is 19.8 Å². The van der Waals surface area contributed by atoms with Gasteiger partial charge < -0.3 is 14.7 Å². The Hall–Kier alpha value is -3.85. The number of aromatic nitrogens is 2. The van der Waals surface area contributed by atoms with Gasteiger partial charge in [-0.2, -0.15) is 13.2 Å². The van der Waals surface area contributed by atoms with E-state index in [0.29, 0.717) is 41.3 Å². The Morgan fingerprint density at radius 3 is 2.30 bits per heavy atom. The van der Waals surface area contributed by atoms with Crippen LogP contribution in [0.1, 0.15) is 57.3 Å². The molecular formula is C31H34F3N3O3. The Balaban J connectivity index is 1.85. The SMILES string of the molecule is CCCN(Cc1nc2cc(C(F)(F)F)ccc2n1-c1ccc(OCCO)cc1C)C(=O)c1c(C)cc(C)cc1C. The van der Waals surface area contributed by atoms with Gasteiger partial charge in [-0.1, -0.05) is 24.6 Å². The second kappa shape index (κ2) is 11.7. The second-order valence-electron chi connectivity index (χ2n) is 10.1. The van der Waals surface area contributed by atoms with Gasteiger partial charge in [-0.25, -0.2) is 4.98 Å². The lowest BCUT2D eigenvalue weighted by atomic mass is 9.98. The molecule has 9 heteroatoms. The number of hydrogen-bond acceptors (Lipinski definition) is 4. The van der Waals surface area contributed by atoms with Gasteiger partial charge in [-0.05, 0) is 87.2 Å². The fourth-order valence-corrected chi connectivity index (χ4v) is 5.18. The summed E-state index contributed by atoms with van der Waals surface area (Å²) in [4.78, 5) is 20.2. The van der Waals surface area contributed by atoms with E-state index in [1.807, 2.05) is 57.4 Å². The zero-order valence-corrected chi connectivity index (χ0v) is 23.4. The van der Waals surface area contributed by atoms with Gasteiger partial charge in [0.2, 0.25) is 0 Å². The first-order valence-corrected chi connectivity index (χ1v) is 13.2. The van der Waals surface area contributed by atoms with E-state index < -0.39 is 11.7 Å². The molecule has 4 aromatic rings. The molecule has 0 saturated carbocycles. The normalized spacial score (nSPS) is 11.7. The van der Waals surface area contributed by atoms with E-state index in [0.717, 1.165) is 34.4 Å². The molecule has 0 aliphatic heterocycles. The molecule has 0 unspecified atom stereocenters. The Morgan fingerprint density at radius 1 is 1.00 bits per heavy atom. The maximum Gasteiger partial charge on any atom is 0.416 e. The van der Waals surface area contributed by atoms with Gasteiger partial charge >= 0.3 is 6.18 Å². The minimum Gasteiger partial charge on any atom is -0.491 e. The van der Waals surface area contributed by atoms with Crippen LogP contribution in [-0.2, 0) is 12.7 Å². The lowest BCUT2D eigenvalue weighted by Crippen LogP contribution is -2.33. The number of fused-ring (bicyclic) bond motifs is 1. The molecule has 0 radical (unpaired) electrons. The van der Waals surface area contributed by atoms with E-state index >= 15 is 0 Å². The summed E-state index contributed by atoms with van der Waals surface area (Å²) in [6, 6.07) is 12.8. The molecule has 0 spiro atoms. The number of aliphatic hydroxyl groups is 1. The maximum absolute atomic E-state index is 13.9. The highest BCUT2D eigenvalue weighted by Crippen LogP contribution is 2.34. The van der Waals surface area contributed by atoms with E-state index in [4.69, 9.17) is 9.84 Å². The van der Waals surface area contributed by atoms with Crippen molar-refractivity contribution in [1.29, 1.82) is 0 Å². The van der Waals surface area contributed by atoms with E-state index in [1.165, 1.54) is 6.07 Å². The summed E-state index contributed by atoms with van der Waals surface area (Å²) in [5.74, 6) is 0.871. The average Bonchev–Trinajstić information content (AvgIpc) is 3.23. The summed E-state index contributed by atoms with van der Waals surface area (Å²) < 4.78 is 48.0. The molecule has 4 rings (SSSR count). The lowest BCUT2D eigenvalue weighted by molar-refractivity contribution is -0.137. The Labute approximate surface area is 232 Å². The fraction of sp³-hybridized carbons (Fsp3) is 0.355. The highest BCUT2D eigenvalue weighted by Gasteiger charge is 2.31. The number of carbonyl (C=O) groups is 1. The molecule has 212 valence electrons. The van der Waals surface area contributed by atoms with E-state index in [1.54, 1.807) is 17.0 Å². The predicted molar refractivity (Wildman–Crippen MR) is 149 cm³/mol. The molecule has 0 fully saturated rings. The minimum absolute atomic E-state index is 0.109. The number of halogens is 3. The topological polar surface area (TPSA) is 67.6 Å². The number of carbonyl (C=O) groups excluding carboxylic acids is 1. The zero-order valence-electron chi connectivity index (χ0n) is 23.4. The van der Waals surface area contributed by atoms with Crippen LogP contribution in [0.5, 0.6) is 5.75 Å². The molecule has 0 bridgehead atoms. The third-order valence-corrected chi connectivity index (χ3v) is 6.82. The highest BCUT2D eigenvalue weighted by molar-refractivity contribution is 5.97. The first-order chi connectivity index (χ1) is 18.9. The third kappa shape index (κ3) is 5.99. The monoisotopic (exact) mass is 553 g/mol. The third-order valence-electron chi connectivity index (χ3n) is 6.82. The first-order valence-electron chi connectivity index (χ1n) is 13.2. The molecular weight excluding hydrogens is 519 g/mol. The number of rotatable bonds is 9. The second-order valence-corrected chi connectivity index (χ2v) is 10.1. The summed E-state index contributed by atoms with van der Waals surface area (Å²) in [6.07, 6.45) is -3.81. The van der Waals surface area contributed by atoms with Crippen LogP contribution in [0, 0.1) is 27.7 Å². The maximum atomic E-state index is 13.9. The summed E-state index contributed by atoms with van der Waals surface area (Å²) in [5, 5.41) is 9.09. The van der Waals surface area contributed by atoms with Gasteiger partial charge in [0, 0.05) is 12.1 Å². The molecule has 6 nitrogen and oxygen atoms in total. The Morgan fingerprint density at radius 2 is 1.70 bits per heavy atom. The number of imidazole rings is 1. The van der Waals surface area contributed by atoms with Crippen LogP contribution in [0.2, 0.25) is 0 Å². The van der Waals surface area contributed by atoms with Crippen LogP contribution < -0.4 is 4.74 Å². The van der Waals surface area contributed by atoms with Crippen molar-refractivity contribution >= 4 is 16.9 Å². The Bertz CT molecular complexity index is 1520. The number of alkyl halides is 3. The van der Waals surface area contributed by atoms with Crippen molar-refractivity contribution in [1.82, 2.24) is 14.5 Å². The van der Waals surface area contributed by atoms with Crippen LogP contribution in [0.25, 0.3) is 16.7 Å². The summed E-state index contributed by atoms with van der Waals surface area (Å²) in [6.45, 7) is 10.2. The minimum atomic E-state index is -4.51. The van der Waals surface area contributed by atoms with E-state index in [-0.39, 0.29) is 31.2 Å². The van der Waals surface area contributed by atoms with Crippen molar-refractivity contribution in [2.24, 2.45) is 0 Å². The van der Waals surface area contributed by atoms with Crippen LogP contribution in [-0.4, -0.2) is 45.2 Å². The van der Waals surface area contributed by atoms with Gasteiger partial charge in [-0.3, -0.25) is 9.36 Å². The molecule has 1 N–H and O–H groups in total. The molecule has 1 amide bonds. The van der Waals surface area contributed by atoms with E-state index in [2.05, 4.69) is 4.98 Å². The number of benzene rings is 3. The fourth-order valence-electron chi connectivity index (χ4n) is 5.18. The standard InChI is InChI=1S/C31H34F3N3O3/c1-6-11-36(30(39)29-21(4)14-19(2)15-22(29)5)18-28-35-25-17-23(31(32,33)34)7-9-27(25)37(28)26-10-8-24(16-20(26)3)40-13-12-38/h7-10,14-17,38H,6,11-13,18H2,1-5H3. The quantitative estimate of drug-likeness (QED) is 0.250. The molecule has 1 aromatic heterocycles. The Kier molecular flexibility index (Phi) is 8.54. The van der Waals surface area contributed by atoms with Crippen LogP contribution in [0.15, 0.2) is 48.5 Å². The van der Waals surface area contributed by atoms with Gasteiger partial charge in [0.05, 0.1) is 35.4 Å². The highest BCUT2D eigenvalue weighted by atomic mass is 19.4. The predicted octanol–water partition coefficient (Wildman–Crippen LogP) is 6.70. The molecule has 0 aliphatic rings. The number of aryl methyl sites for hydroxylation is 4. The summed E-state index contributed by atoms with van der Waals surface area (Å²) in [7, 11) is 0. The molecule has 0 atom stereocenters. The lowest BCUT2D eigenvalue weighted by Gasteiger charge is -2.25. The number of nitrogens with zero attached hydrogens (tertiary/aromatic N) is 3. The smallest absolute Gasteiger partial charge is 0.416 e. The number of aliphatic hydroxyl groups excluding tert-OH is 1. The van der Waals surface area contributed by atoms with Gasteiger partial charge in [0.25, 0.3) is 5.91 Å². The molecule has 1 heterocycles. The van der Waals surface area contributed by atoms with Crippen LogP contribution in [0.3, 0.4) is 0 Å². The molecule has 40 heavy (non-hydrogen) atoms. The van der Waals surface area contributed by atoms with Gasteiger partial charge in [0.15, 0.2) is 0 Å². The number of amides is 1. The molecule has 0 saturated heterocycles. The number of ether oxygens (including phenoxy) is 1. The van der Waals surface area contributed by atoms with Crippen molar-refractivity contribution in [3.05, 3.63) is 87.7 Å². The van der Waals surface area contributed by atoms with Crippen molar-refractivity contribution in [2.45, 2.75) is 53.8 Å². The summed E-state index contributed by atoms with van der Waals surface area (Å²) >= 11 is 0. The van der Waals surface area contributed by atoms with Crippen molar-refractivity contribution in [3.8, 4) is 11.4 Å². The van der Waals surface area contributed by atoms with Gasteiger partial charge in [0.1, 0.15) is 18.2 Å². The average molecular weight is 554 g/mol. The van der Waals surface area contributed by atoms with Crippen molar-refractivity contribution < 1.29 is 27.8 Å². The summed E-state index contributed by atoms with van der Waals surface area (Å²) in [5.41, 5.74) is 4.86. The largest absolute Gasteiger partial charge is 0.491 e. The first kappa shape index (κ1) is 29.1. The number of hydrogen-bond donors (Lipinski definition) is 1. The van der Waals surface area contributed by atoms with E-state index in [9.17, 15) is 18.0 Å². The molecule has 0 aliphatic carbocycles.